The Labute approximate surface area is 95.6 Å². The SMILES string of the molecule is CCCCOC(=O)COCc1ccncc1. The van der Waals surface area contributed by atoms with Crippen LogP contribution in [-0.2, 0) is 20.9 Å². The lowest BCUT2D eigenvalue weighted by Crippen LogP contribution is -2.13. The summed E-state index contributed by atoms with van der Waals surface area (Å²) in [7, 11) is 0. The molecule has 0 aliphatic rings. The Morgan fingerprint density at radius 1 is 1.38 bits per heavy atom. The number of esters is 1. The van der Waals surface area contributed by atoms with Gasteiger partial charge < -0.3 is 9.47 Å². The van der Waals surface area contributed by atoms with Crippen molar-refractivity contribution in [2.45, 2.75) is 26.4 Å². The molecule has 1 aromatic heterocycles. The second-order valence-electron chi connectivity index (χ2n) is 3.42. The number of carbonyl (C=O) groups is 1. The molecular formula is C12H17NO3. The van der Waals surface area contributed by atoms with Crippen molar-refractivity contribution in [2.75, 3.05) is 13.2 Å². The van der Waals surface area contributed by atoms with Crippen LogP contribution in [0, 0.1) is 0 Å². The molecule has 1 rings (SSSR count). The second-order valence-corrected chi connectivity index (χ2v) is 3.42. The van der Waals surface area contributed by atoms with Crippen LogP contribution in [0.15, 0.2) is 24.5 Å². The van der Waals surface area contributed by atoms with Gasteiger partial charge in [0, 0.05) is 12.4 Å². The normalized spacial score (nSPS) is 10.1. The Morgan fingerprint density at radius 2 is 2.12 bits per heavy atom. The van der Waals surface area contributed by atoms with Crippen LogP contribution >= 0.6 is 0 Å². The summed E-state index contributed by atoms with van der Waals surface area (Å²) >= 11 is 0. The Morgan fingerprint density at radius 3 is 2.81 bits per heavy atom. The molecule has 0 N–H and O–H groups in total. The highest BCUT2D eigenvalue weighted by atomic mass is 16.6. The first-order valence-corrected chi connectivity index (χ1v) is 5.45. The van der Waals surface area contributed by atoms with Gasteiger partial charge in [-0.2, -0.15) is 0 Å². The molecule has 0 saturated heterocycles. The molecule has 88 valence electrons. The first kappa shape index (κ1) is 12.6. The van der Waals surface area contributed by atoms with Gasteiger partial charge in [-0.3, -0.25) is 4.98 Å². The molecule has 0 aliphatic heterocycles. The summed E-state index contributed by atoms with van der Waals surface area (Å²) in [5, 5.41) is 0. The third-order valence-electron chi connectivity index (χ3n) is 2.00. The van der Waals surface area contributed by atoms with Crippen LogP contribution in [0.4, 0.5) is 0 Å². The van der Waals surface area contributed by atoms with E-state index in [-0.39, 0.29) is 12.6 Å². The van der Waals surface area contributed by atoms with Gasteiger partial charge in [-0.15, -0.1) is 0 Å². The van der Waals surface area contributed by atoms with E-state index in [4.69, 9.17) is 9.47 Å². The molecule has 0 aliphatic carbocycles. The molecule has 16 heavy (non-hydrogen) atoms. The molecule has 1 aromatic rings. The van der Waals surface area contributed by atoms with Crippen molar-refractivity contribution in [3.05, 3.63) is 30.1 Å². The van der Waals surface area contributed by atoms with E-state index in [1.165, 1.54) is 0 Å². The van der Waals surface area contributed by atoms with Gasteiger partial charge in [0.2, 0.25) is 0 Å². The maximum Gasteiger partial charge on any atom is 0.332 e. The highest BCUT2D eigenvalue weighted by Crippen LogP contribution is 1.98. The van der Waals surface area contributed by atoms with Crippen LogP contribution in [0.1, 0.15) is 25.3 Å². The number of nitrogens with zero attached hydrogens (tertiary/aromatic N) is 1. The molecule has 0 amide bonds. The Balaban J connectivity index is 2.09. The van der Waals surface area contributed by atoms with Crippen LogP contribution in [0.25, 0.3) is 0 Å². The molecule has 0 fully saturated rings. The summed E-state index contributed by atoms with van der Waals surface area (Å²) in [5.41, 5.74) is 0.997. The van der Waals surface area contributed by atoms with Gasteiger partial charge in [0.05, 0.1) is 13.2 Å². The largest absolute Gasteiger partial charge is 0.464 e. The standard InChI is InChI=1S/C12H17NO3/c1-2-3-8-16-12(14)10-15-9-11-4-6-13-7-5-11/h4-7H,2-3,8-10H2,1H3. The maximum absolute atomic E-state index is 11.1. The Kier molecular flexibility index (Phi) is 6.18. The minimum absolute atomic E-state index is 0.00599. The Bertz CT molecular complexity index is 300. The van der Waals surface area contributed by atoms with E-state index in [0.717, 1.165) is 18.4 Å². The molecule has 0 aromatic carbocycles. The number of pyridine rings is 1. The van der Waals surface area contributed by atoms with Crippen LogP contribution < -0.4 is 0 Å². The highest BCUT2D eigenvalue weighted by molar-refractivity contribution is 5.70. The number of rotatable bonds is 7. The zero-order chi connectivity index (χ0) is 11.6. The van der Waals surface area contributed by atoms with Gasteiger partial charge >= 0.3 is 5.97 Å². The van der Waals surface area contributed by atoms with Crippen molar-refractivity contribution in [3.63, 3.8) is 0 Å². The summed E-state index contributed by atoms with van der Waals surface area (Å²) in [6, 6.07) is 3.70. The van der Waals surface area contributed by atoms with Crippen LogP contribution in [0.2, 0.25) is 0 Å². The summed E-state index contributed by atoms with van der Waals surface area (Å²) in [5.74, 6) is -0.303. The maximum atomic E-state index is 11.1. The van der Waals surface area contributed by atoms with E-state index in [1.807, 2.05) is 19.1 Å². The third-order valence-corrected chi connectivity index (χ3v) is 2.00. The lowest BCUT2D eigenvalue weighted by Gasteiger charge is -2.05. The molecule has 1 heterocycles. The van der Waals surface area contributed by atoms with Gasteiger partial charge in [0.1, 0.15) is 6.61 Å². The average molecular weight is 223 g/mol. The predicted molar refractivity (Wildman–Crippen MR) is 59.8 cm³/mol. The van der Waals surface area contributed by atoms with Crippen molar-refractivity contribution in [1.29, 1.82) is 0 Å². The zero-order valence-electron chi connectivity index (χ0n) is 9.52. The van der Waals surface area contributed by atoms with E-state index < -0.39 is 0 Å². The van der Waals surface area contributed by atoms with Crippen LogP contribution in [0.5, 0.6) is 0 Å². The van der Waals surface area contributed by atoms with Gasteiger partial charge in [-0.05, 0) is 24.1 Å². The smallest absolute Gasteiger partial charge is 0.332 e. The quantitative estimate of drug-likeness (QED) is 0.523. The third kappa shape index (κ3) is 5.46. The number of ether oxygens (including phenoxy) is 2. The van der Waals surface area contributed by atoms with Crippen molar-refractivity contribution < 1.29 is 14.3 Å². The van der Waals surface area contributed by atoms with Crippen molar-refractivity contribution >= 4 is 5.97 Å². The van der Waals surface area contributed by atoms with Gasteiger partial charge in [0.25, 0.3) is 0 Å². The fourth-order valence-electron chi connectivity index (χ4n) is 1.10. The van der Waals surface area contributed by atoms with E-state index >= 15 is 0 Å². The van der Waals surface area contributed by atoms with Gasteiger partial charge in [-0.1, -0.05) is 13.3 Å². The average Bonchev–Trinajstić information content (AvgIpc) is 2.31. The molecule has 0 radical (unpaired) electrons. The molecule has 4 heteroatoms. The van der Waals surface area contributed by atoms with E-state index in [9.17, 15) is 4.79 Å². The number of unbranched alkanes of at least 4 members (excludes halogenated alkanes) is 1. The summed E-state index contributed by atoms with van der Waals surface area (Å²) in [6.07, 6.45) is 5.30. The van der Waals surface area contributed by atoms with Gasteiger partial charge in [0.15, 0.2) is 0 Å². The number of aromatic nitrogens is 1. The zero-order valence-corrected chi connectivity index (χ0v) is 9.52. The van der Waals surface area contributed by atoms with Crippen molar-refractivity contribution in [2.24, 2.45) is 0 Å². The lowest BCUT2D eigenvalue weighted by atomic mass is 10.3. The molecule has 0 atom stereocenters. The van der Waals surface area contributed by atoms with Crippen LogP contribution in [-0.4, -0.2) is 24.2 Å². The first-order valence-electron chi connectivity index (χ1n) is 5.45. The van der Waals surface area contributed by atoms with Gasteiger partial charge in [-0.25, -0.2) is 4.79 Å². The van der Waals surface area contributed by atoms with E-state index in [1.54, 1.807) is 12.4 Å². The summed E-state index contributed by atoms with van der Waals surface area (Å²) < 4.78 is 10.2. The second kappa shape index (κ2) is 7.82. The topological polar surface area (TPSA) is 48.4 Å². The first-order chi connectivity index (χ1) is 7.83. The van der Waals surface area contributed by atoms with Crippen molar-refractivity contribution in [3.8, 4) is 0 Å². The van der Waals surface area contributed by atoms with Crippen LogP contribution in [0.3, 0.4) is 0 Å². The molecule has 0 bridgehead atoms. The molecule has 0 saturated carbocycles. The van der Waals surface area contributed by atoms with E-state index in [2.05, 4.69) is 4.98 Å². The molecule has 0 spiro atoms. The Hall–Kier alpha value is -1.42. The van der Waals surface area contributed by atoms with E-state index in [0.29, 0.717) is 13.2 Å². The highest BCUT2D eigenvalue weighted by Gasteiger charge is 2.02. The molecular weight excluding hydrogens is 206 g/mol. The lowest BCUT2D eigenvalue weighted by molar-refractivity contribution is -0.149. The molecule has 4 nitrogen and oxygen atoms in total. The minimum Gasteiger partial charge on any atom is -0.464 e. The summed E-state index contributed by atoms with van der Waals surface area (Å²) in [6.45, 7) is 2.94. The fourth-order valence-corrected chi connectivity index (χ4v) is 1.10. The minimum atomic E-state index is -0.303. The fraction of sp³-hybridized carbons (Fsp3) is 0.500. The van der Waals surface area contributed by atoms with Crippen molar-refractivity contribution in [1.82, 2.24) is 4.98 Å². The number of hydrogen-bond acceptors (Lipinski definition) is 4. The predicted octanol–water partition coefficient (Wildman–Crippen LogP) is 1.94. The monoisotopic (exact) mass is 223 g/mol. The number of carbonyl (C=O) groups excluding carboxylic acids is 1. The molecule has 0 unspecified atom stereocenters. The number of hydrogen-bond donors (Lipinski definition) is 0. The summed E-state index contributed by atoms with van der Waals surface area (Å²) in [4.78, 5) is 15.0.